The highest BCUT2D eigenvalue weighted by Crippen LogP contribution is 2.15. The lowest BCUT2D eigenvalue weighted by atomic mass is 10.1. The Kier molecular flexibility index (Phi) is 4.61. The van der Waals surface area contributed by atoms with Crippen LogP contribution in [0.1, 0.15) is 40.5 Å². The number of hydrogen-bond acceptors (Lipinski definition) is 2. The highest BCUT2D eigenvalue weighted by molar-refractivity contribution is 6.21. The van der Waals surface area contributed by atoms with Crippen molar-refractivity contribution < 1.29 is 9.53 Å². The summed E-state index contributed by atoms with van der Waals surface area (Å²) in [4.78, 5) is 11.1. The van der Waals surface area contributed by atoms with Gasteiger partial charge in [-0.3, -0.25) is 4.79 Å². The summed E-state index contributed by atoms with van der Waals surface area (Å²) >= 11 is 5.64. The smallest absolute Gasteiger partial charge is 0.307 e. The molecule has 12 heavy (non-hydrogen) atoms. The van der Waals surface area contributed by atoms with E-state index in [1.54, 1.807) is 6.92 Å². The van der Waals surface area contributed by atoms with Gasteiger partial charge in [-0.25, -0.2) is 0 Å². The number of halogens is 1. The molecule has 0 radical (unpaired) electrons. The summed E-state index contributed by atoms with van der Waals surface area (Å²) in [7, 11) is 0. The van der Waals surface area contributed by atoms with Gasteiger partial charge in [0.05, 0.1) is 6.42 Å². The zero-order valence-electron chi connectivity index (χ0n) is 8.19. The van der Waals surface area contributed by atoms with Gasteiger partial charge in [-0.1, -0.05) is 6.92 Å². The molecule has 0 amide bonds. The summed E-state index contributed by atoms with van der Waals surface area (Å²) in [5.74, 6) is -0.218. The minimum Gasteiger partial charge on any atom is -0.460 e. The van der Waals surface area contributed by atoms with Crippen molar-refractivity contribution in [2.24, 2.45) is 0 Å². The fourth-order valence-electron chi connectivity index (χ4n) is 0.652. The third-order valence-corrected chi connectivity index (χ3v) is 1.84. The quantitative estimate of drug-likeness (QED) is 0.506. The molecular weight excluding hydrogens is 176 g/mol. The Morgan fingerprint density at radius 1 is 1.58 bits per heavy atom. The lowest BCUT2D eigenvalue weighted by Crippen LogP contribution is -2.27. The van der Waals surface area contributed by atoms with E-state index in [9.17, 15) is 4.79 Å². The van der Waals surface area contributed by atoms with Crippen molar-refractivity contribution in [1.29, 1.82) is 0 Å². The first-order valence-electron chi connectivity index (χ1n) is 4.23. The van der Waals surface area contributed by atoms with Crippen LogP contribution in [0, 0.1) is 0 Å². The maximum atomic E-state index is 11.1. The van der Waals surface area contributed by atoms with E-state index in [0.29, 0.717) is 0 Å². The fourth-order valence-corrected chi connectivity index (χ4v) is 0.778. The molecule has 0 heterocycles. The number of carbonyl (C=O) groups excluding carboxylic acids is 1. The standard InChI is InChI=1S/C9H17ClO2/c1-5-9(3,4)12-8(11)6-7(2)10/h7H,5-6H2,1-4H3. The summed E-state index contributed by atoms with van der Waals surface area (Å²) in [5.41, 5.74) is -0.358. The van der Waals surface area contributed by atoms with Crippen LogP contribution in [0.25, 0.3) is 0 Å². The molecule has 0 aliphatic heterocycles. The molecule has 0 N–H and O–H groups in total. The third kappa shape index (κ3) is 5.42. The number of esters is 1. The van der Waals surface area contributed by atoms with Gasteiger partial charge in [-0.15, -0.1) is 11.6 Å². The second-order valence-corrected chi connectivity index (χ2v) is 4.32. The molecule has 0 aliphatic rings. The number of ether oxygens (including phenoxy) is 1. The van der Waals surface area contributed by atoms with E-state index in [-0.39, 0.29) is 23.4 Å². The molecule has 0 rings (SSSR count). The van der Waals surface area contributed by atoms with Gasteiger partial charge in [0, 0.05) is 5.38 Å². The van der Waals surface area contributed by atoms with E-state index in [2.05, 4.69) is 0 Å². The normalized spacial score (nSPS) is 14.1. The number of rotatable bonds is 4. The Bertz CT molecular complexity index is 153. The van der Waals surface area contributed by atoms with E-state index in [0.717, 1.165) is 6.42 Å². The highest BCUT2D eigenvalue weighted by atomic mass is 35.5. The van der Waals surface area contributed by atoms with Crippen LogP contribution in [0.3, 0.4) is 0 Å². The summed E-state index contributed by atoms with van der Waals surface area (Å²) in [6.45, 7) is 7.55. The Balaban J connectivity index is 3.84. The minimum atomic E-state index is -0.358. The maximum Gasteiger partial charge on any atom is 0.307 e. The Labute approximate surface area is 79.2 Å². The number of hydrogen-bond donors (Lipinski definition) is 0. The van der Waals surface area contributed by atoms with Crippen molar-refractivity contribution in [1.82, 2.24) is 0 Å². The highest BCUT2D eigenvalue weighted by Gasteiger charge is 2.20. The van der Waals surface area contributed by atoms with Crippen LogP contribution < -0.4 is 0 Å². The second-order valence-electron chi connectivity index (χ2n) is 3.57. The molecule has 0 aromatic heterocycles. The predicted molar refractivity (Wildman–Crippen MR) is 50.4 cm³/mol. The molecule has 0 aromatic carbocycles. The first-order valence-corrected chi connectivity index (χ1v) is 4.67. The van der Waals surface area contributed by atoms with Crippen LogP contribution in [0.2, 0.25) is 0 Å². The molecule has 72 valence electrons. The van der Waals surface area contributed by atoms with E-state index >= 15 is 0 Å². The van der Waals surface area contributed by atoms with Crippen molar-refractivity contribution in [3.8, 4) is 0 Å². The van der Waals surface area contributed by atoms with Gasteiger partial charge in [-0.2, -0.15) is 0 Å². The molecule has 0 aliphatic carbocycles. The van der Waals surface area contributed by atoms with Crippen LogP contribution >= 0.6 is 11.6 Å². The predicted octanol–water partition coefficient (Wildman–Crippen LogP) is 2.74. The van der Waals surface area contributed by atoms with Gasteiger partial charge >= 0.3 is 5.97 Å². The van der Waals surface area contributed by atoms with Crippen LogP contribution in [-0.2, 0) is 9.53 Å². The summed E-state index contributed by atoms with van der Waals surface area (Å²) in [5, 5.41) is -0.148. The molecule has 3 heteroatoms. The monoisotopic (exact) mass is 192 g/mol. The van der Waals surface area contributed by atoms with Crippen LogP contribution in [0.5, 0.6) is 0 Å². The van der Waals surface area contributed by atoms with E-state index in [1.807, 2.05) is 20.8 Å². The van der Waals surface area contributed by atoms with Gasteiger partial charge in [0.2, 0.25) is 0 Å². The Morgan fingerprint density at radius 3 is 2.42 bits per heavy atom. The molecule has 0 spiro atoms. The first kappa shape index (κ1) is 11.8. The molecular formula is C9H17ClO2. The van der Waals surface area contributed by atoms with Gasteiger partial charge in [0.25, 0.3) is 0 Å². The van der Waals surface area contributed by atoms with Crippen LogP contribution in [0.4, 0.5) is 0 Å². The van der Waals surface area contributed by atoms with E-state index < -0.39 is 0 Å². The SMILES string of the molecule is CCC(C)(C)OC(=O)CC(C)Cl. The molecule has 0 fully saturated rings. The fraction of sp³-hybridized carbons (Fsp3) is 0.889. The number of carbonyl (C=O) groups is 1. The van der Waals surface area contributed by atoms with E-state index in [4.69, 9.17) is 16.3 Å². The van der Waals surface area contributed by atoms with Gasteiger partial charge < -0.3 is 4.74 Å². The summed E-state index contributed by atoms with van der Waals surface area (Å²) < 4.78 is 5.17. The van der Waals surface area contributed by atoms with Crippen molar-refractivity contribution in [3.05, 3.63) is 0 Å². The van der Waals surface area contributed by atoms with Crippen molar-refractivity contribution in [2.75, 3.05) is 0 Å². The maximum absolute atomic E-state index is 11.1. The lowest BCUT2D eigenvalue weighted by molar-refractivity contribution is -0.156. The molecule has 2 nitrogen and oxygen atoms in total. The summed E-state index contributed by atoms with van der Waals surface area (Å²) in [6.07, 6.45) is 1.10. The van der Waals surface area contributed by atoms with Crippen LogP contribution in [-0.4, -0.2) is 16.9 Å². The molecule has 0 saturated carbocycles. The lowest BCUT2D eigenvalue weighted by Gasteiger charge is -2.23. The first-order chi connectivity index (χ1) is 5.37. The Morgan fingerprint density at radius 2 is 2.08 bits per heavy atom. The van der Waals surface area contributed by atoms with Crippen molar-refractivity contribution in [3.63, 3.8) is 0 Å². The molecule has 0 saturated heterocycles. The zero-order chi connectivity index (χ0) is 9.78. The minimum absolute atomic E-state index is 0.148. The largest absolute Gasteiger partial charge is 0.460 e. The Hall–Kier alpha value is -0.240. The second kappa shape index (κ2) is 4.70. The molecule has 1 atom stereocenters. The number of alkyl halides is 1. The van der Waals surface area contributed by atoms with Crippen LogP contribution in [0.15, 0.2) is 0 Å². The third-order valence-electron chi connectivity index (χ3n) is 1.69. The van der Waals surface area contributed by atoms with Gasteiger partial charge in [0.15, 0.2) is 0 Å². The topological polar surface area (TPSA) is 26.3 Å². The van der Waals surface area contributed by atoms with E-state index in [1.165, 1.54) is 0 Å². The molecule has 0 bridgehead atoms. The molecule has 1 unspecified atom stereocenters. The van der Waals surface area contributed by atoms with Gasteiger partial charge in [0.1, 0.15) is 5.60 Å². The average Bonchev–Trinajstić information content (AvgIpc) is 1.84. The van der Waals surface area contributed by atoms with Crippen molar-refractivity contribution >= 4 is 17.6 Å². The average molecular weight is 193 g/mol. The zero-order valence-corrected chi connectivity index (χ0v) is 8.94. The van der Waals surface area contributed by atoms with Crippen molar-refractivity contribution in [2.45, 2.75) is 51.5 Å². The molecule has 0 aromatic rings. The van der Waals surface area contributed by atoms with Gasteiger partial charge in [-0.05, 0) is 27.2 Å². The summed E-state index contributed by atoms with van der Waals surface area (Å²) in [6, 6.07) is 0.